The third-order valence-corrected chi connectivity index (χ3v) is 5.27. The van der Waals surface area contributed by atoms with Crippen LogP contribution >= 0.6 is 0 Å². The van der Waals surface area contributed by atoms with Gasteiger partial charge >= 0.3 is 0 Å². The van der Waals surface area contributed by atoms with Crippen molar-refractivity contribution < 1.29 is 4.79 Å². The van der Waals surface area contributed by atoms with Gasteiger partial charge in [-0.25, -0.2) is 0 Å². The molecule has 2 aliphatic rings. The SMILES string of the molecule is CC(C)N1CCC(N(C)C(=O)C2(N)CCCCC2)CC1. The maximum Gasteiger partial charge on any atom is 0.242 e. The molecular weight excluding hydrogens is 250 g/mol. The van der Waals surface area contributed by atoms with Gasteiger partial charge in [0.05, 0.1) is 5.54 Å². The topological polar surface area (TPSA) is 49.6 Å². The van der Waals surface area contributed by atoms with E-state index >= 15 is 0 Å². The van der Waals surface area contributed by atoms with Crippen LogP contribution in [0.15, 0.2) is 0 Å². The van der Waals surface area contributed by atoms with Gasteiger partial charge in [0.15, 0.2) is 0 Å². The van der Waals surface area contributed by atoms with E-state index in [4.69, 9.17) is 5.73 Å². The number of hydrogen-bond acceptors (Lipinski definition) is 3. The van der Waals surface area contributed by atoms with Crippen LogP contribution in [-0.2, 0) is 4.79 Å². The fraction of sp³-hybridized carbons (Fsp3) is 0.938. The van der Waals surface area contributed by atoms with Crippen molar-refractivity contribution in [2.75, 3.05) is 20.1 Å². The van der Waals surface area contributed by atoms with Crippen molar-refractivity contribution >= 4 is 5.91 Å². The predicted molar refractivity (Wildman–Crippen MR) is 82.5 cm³/mol. The summed E-state index contributed by atoms with van der Waals surface area (Å²) in [6, 6.07) is 0.982. The van der Waals surface area contributed by atoms with Gasteiger partial charge in [-0.1, -0.05) is 19.3 Å². The summed E-state index contributed by atoms with van der Waals surface area (Å²) >= 11 is 0. The second-order valence-corrected chi connectivity index (χ2v) is 6.99. The number of likely N-dealkylation sites (N-methyl/N-ethyl adjacent to an activating group) is 1. The minimum absolute atomic E-state index is 0.181. The molecule has 0 atom stereocenters. The molecule has 1 aliphatic carbocycles. The molecule has 0 radical (unpaired) electrons. The van der Waals surface area contributed by atoms with E-state index in [1.807, 2.05) is 11.9 Å². The number of carbonyl (C=O) groups is 1. The normalized spacial score (nSPS) is 24.9. The van der Waals surface area contributed by atoms with Gasteiger partial charge in [-0.3, -0.25) is 4.79 Å². The molecule has 1 heterocycles. The summed E-state index contributed by atoms with van der Waals surface area (Å²) in [6.45, 7) is 6.67. The van der Waals surface area contributed by atoms with Gasteiger partial charge in [0.25, 0.3) is 0 Å². The molecule has 0 unspecified atom stereocenters. The lowest BCUT2D eigenvalue weighted by Crippen LogP contribution is -2.58. The van der Waals surface area contributed by atoms with Gasteiger partial charge in [0.2, 0.25) is 5.91 Å². The Kier molecular flexibility index (Phi) is 5.08. The highest BCUT2D eigenvalue weighted by molar-refractivity contribution is 5.86. The summed E-state index contributed by atoms with van der Waals surface area (Å²) in [5, 5.41) is 0. The fourth-order valence-electron chi connectivity index (χ4n) is 3.70. The molecule has 4 heteroatoms. The molecule has 1 saturated heterocycles. The maximum atomic E-state index is 12.7. The number of piperidine rings is 1. The van der Waals surface area contributed by atoms with Crippen LogP contribution in [0.2, 0.25) is 0 Å². The molecule has 0 aromatic rings. The molecule has 1 aliphatic heterocycles. The lowest BCUT2D eigenvalue weighted by Gasteiger charge is -2.42. The third kappa shape index (κ3) is 3.34. The second-order valence-electron chi connectivity index (χ2n) is 6.99. The Hall–Kier alpha value is -0.610. The highest BCUT2D eigenvalue weighted by atomic mass is 16.2. The van der Waals surface area contributed by atoms with Gasteiger partial charge < -0.3 is 15.5 Å². The lowest BCUT2D eigenvalue weighted by atomic mass is 9.81. The van der Waals surface area contributed by atoms with Crippen molar-refractivity contribution in [1.29, 1.82) is 0 Å². The highest BCUT2D eigenvalue weighted by Crippen LogP contribution is 2.29. The average molecular weight is 281 g/mol. The van der Waals surface area contributed by atoms with E-state index in [9.17, 15) is 4.79 Å². The summed E-state index contributed by atoms with van der Waals surface area (Å²) in [6.07, 6.45) is 7.31. The Bertz CT molecular complexity index is 329. The second kappa shape index (κ2) is 6.44. The largest absolute Gasteiger partial charge is 0.341 e. The molecule has 4 nitrogen and oxygen atoms in total. The van der Waals surface area contributed by atoms with Crippen molar-refractivity contribution in [2.24, 2.45) is 5.73 Å². The number of rotatable bonds is 3. The van der Waals surface area contributed by atoms with Gasteiger partial charge in [0.1, 0.15) is 0 Å². The van der Waals surface area contributed by atoms with E-state index in [2.05, 4.69) is 18.7 Å². The third-order valence-electron chi connectivity index (χ3n) is 5.27. The molecule has 1 saturated carbocycles. The number of carbonyl (C=O) groups excluding carboxylic acids is 1. The molecular formula is C16H31N3O. The van der Waals surface area contributed by atoms with E-state index in [1.165, 1.54) is 6.42 Å². The number of hydrogen-bond donors (Lipinski definition) is 1. The lowest BCUT2D eigenvalue weighted by molar-refractivity contribution is -0.140. The molecule has 2 rings (SSSR count). The van der Waals surface area contributed by atoms with Crippen LogP contribution in [0, 0.1) is 0 Å². The predicted octanol–water partition coefficient (Wildman–Crippen LogP) is 1.98. The van der Waals surface area contributed by atoms with Gasteiger partial charge in [-0.05, 0) is 39.5 Å². The Morgan fingerprint density at radius 2 is 1.75 bits per heavy atom. The summed E-state index contributed by atoms with van der Waals surface area (Å²) < 4.78 is 0. The first-order chi connectivity index (χ1) is 9.44. The maximum absolute atomic E-state index is 12.7. The van der Waals surface area contributed by atoms with Crippen LogP contribution in [0.1, 0.15) is 58.8 Å². The van der Waals surface area contributed by atoms with E-state index in [1.54, 1.807) is 0 Å². The Morgan fingerprint density at radius 1 is 1.20 bits per heavy atom. The van der Waals surface area contributed by atoms with Crippen molar-refractivity contribution in [3.05, 3.63) is 0 Å². The van der Waals surface area contributed by atoms with Crippen molar-refractivity contribution in [3.8, 4) is 0 Å². The molecule has 0 aromatic heterocycles. The number of amides is 1. The first kappa shape index (κ1) is 15.8. The number of nitrogens with two attached hydrogens (primary N) is 1. The first-order valence-corrected chi connectivity index (χ1v) is 8.24. The number of likely N-dealkylation sites (tertiary alicyclic amines) is 1. The quantitative estimate of drug-likeness (QED) is 0.860. The molecule has 20 heavy (non-hydrogen) atoms. The highest BCUT2D eigenvalue weighted by Gasteiger charge is 2.39. The minimum Gasteiger partial charge on any atom is -0.341 e. The Balaban J connectivity index is 1.91. The summed E-state index contributed by atoms with van der Waals surface area (Å²) in [4.78, 5) is 17.2. The van der Waals surface area contributed by atoms with E-state index in [-0.39, 0.29) is 5.91 Å². The average Bonchev–Trinajstić information content (AvgIpc) is 2.46. The molecule has 2 N–H and O–H groups in total. The van der Waals surface area contributed by atoms with E-state index in [0.717, 1.165) is 51.6 Å². The van der Waals surface area contributed by atoms with Crippen LogP contribution in [0.5, 0.6) is 0 Å². The van der Waals surface area contributed by atoms with Gasteiger partial charge in [-0.2, -0.15) is 0 Å². The minimum atomic E-state index is -0.581. The van der Waals surface area contributed by atoms with E-state index < -0.39 is 5.54 Å². The Morgan fingerprint density at radius 3 is 2.25 bits per heavy atom. The first-order valence-electron chi connectivity index (χ1n) is 8.24. The number of nitrogens with zero attached hydrogens (tertiary/aromatic N) is 2. The van der Waals surface area contributed by atoms with Crippen molar-refractivity contribution in [2.45, 2.75) is 76.4 Å². The summed E-state index contributed by atoms with van der Waals surface area (Å²) in [5.74, 6) is 0.181. The van der Waals surface area contributed by atoms with Gasteiger partial charge in [0, 0.05) is 32.2 Å². The zero-order valence-corrected chi connectivity index (χ0v) is 13.4. The monoisotopic (exact) mass is 281 g/mol. The molecule has 0 bridgehead atoms. The fourth-order valence-corrected chi connectivity index (χ4v) is 3.70. The van der Waals surface area contributed by atoms with Gasteiger partial charge in [-0.15, -0.1) is 0 Å². The van der Waals surface area contributed by atoms with Crippen LogP contribution < -0.4 is 5.73 Å². The molecule has 0 spiro atoms. The summed E-state index contributed by atoms with van der Waals surface area (Å²) in [7, 11) is 1.96. The van der Waals surface area contributed by atoms with Crippen LogP contribution in [0.3, 0.4) is 0 Å². The van der Waals surface area contributed by atoms with Crippen molar-refractivity contribution in [3.63, 3.8) is 0 Å². The van der Waals surface area contributed by atoms with Crippen LogP contribution in [0.25, 0.3) is 0 Å². The zero-order valence-electron chi connectivity index (χ0n) is 13.4. The smallest absolute Gasteiger partial charge is 0.242 e. The Labute approximate surface area is 123 Å². The molecule has 0 aromatic carbocycles. The summed E-state index contributed by atoms with van der Waals surface area (Å²) in [5.41, 5.74) is 5.80. The molecule has 116 valence electrons. The zero-order chi connectivity index (χ0) is 14.8. The van der Waals surface area contributed by atoms with Crippen LogP contribution in [0.4, 0.5) is 0 Å². The standard InChI is InChI=1S/C16H31N3O/c1-13(2)19-11-7-14(8-12-19)18(3)15(20)16(17)9-5-4-6-10-16/h13-14H,4-12,17H2,1-3H3. The molecule has 1 amide bonds. The van der Waals surface area contributed by atoms with Crippen LogP contribution in [-0.4, -0.2) is 53.5 Å². The molecule has 2 fully saturated rings. The van der Waals surface area contributed by atoms with Crippen molar-refractivity contribution in [1.82, 2.24) is 9.80 Å². The van der Waals surface area contributed by atoms with E-state index in [0.29, 0.717) is 12.1 Å².